The highest BCUT2D eigenvalue weighted by molar-refractivity contribution is 7.99. The molecule has 1 aromatic carbocycles. The molecule has 19 heavy (non-hydrogen) atoms. The van der Waals surface area contributed by atoms with Crippen molar-refractivity contribution in [2.75, 3.05) is 18.2 Å². The van der Waals surface area contributed by atoms with Crippen molar-refractivity contribution in [2.24, 2.45) is 0 Å². The zero-order valence-corrected chi connectivity index (χ0v) is 12.6. The predicted octanol–water partition coefficient (Wildman–Crippen LogP) is 3.08. The van der Waals surface area contributed by atoms with Gasteiger partial charge in [-0.25, -0.2) is 0 Å². The van der Waals surface area contributed by atoms with E-state index in [0.29, 0.717) is 0 Å². The molecule has 0 amide bonds. The molecule has 2 unspecified atom stereocenters. The number of aliphatic hydroxyl groups is 1. The minimum atomic E-state index is -0.499. The second-order valence-corrected chi connectivity index (χ2v) is 5.75. The number of nitrogens with one attached hydrogen (secondary N) is 1. The lowest BCUT2D eigenvalue weighted by Crippen LogP contribution is -2.31. The molecule has 0 aromatic heterocycles. The number of anilines is 1. The number of aliphatic hydroxyl groups excluding tert-OH is 1. The number of nitrogens with zero attached hydrogens (tertiary/aromatic N) is 1. The summed E-state index contributed by atoms with van der Waals surface area (Å²) in [5.41, 5.74) is 1.40. The Labute approximate surface area is 121 Å². The van der Waals surface area contributed by atoms with E-state index in [2.05, 4.69) is 5.32 Å². The molecule has 0 saturated heterocycles. The molecule has 0 aliphatic heterocycles. The minimum Gasteiger partial charge on any atom is -0.395 e. The van der Waals surface area contributed by atoms with Crippen LogP contribution in [0.1, 0.15) is 12.5 Å². The number of halogens is 1. The fourth-order valence-electron chi connectivity index (χ4n) is 1.74. The van der Waals surface area contributed by atoms with Crippen molar-refractivity contribution >= 4 is 34.7 Å². The Balaban J connectivity index is 2.97. The zero-order chi connectivity index (χ0) is 14.6. The molecule has 1 aromatic rings. The van der Waals surface area contributed by atoms with Crippen LogP contribution in [0.15, 0.2) is 12.1 Å². The smallest absolute Gasteiger partial charge is 0.288 e. The largest absolute Gasteiger partial charge is 0.395 e. The standard InChI is InChI=1S/C12H17ClN2O3S/c1-7-4-11(15(17)18)9(13)5-10(7)14-8(2)12(6-16)19-3/h4-5,8,12,14,16H,6H2,1-3H3. The highest BCUT2D eigenvalue weighted by Gasteiger charge is 2.19. The van der Waals surface area contributed by atoms with Gasteiger partial charge in [0.25, 0.3) is 5.69 Å². The molecule has 7 heteroatoms. The molecule has 2 N–H and O–H groups in total. The molecule has 0 bridgehead atoms. The van der Waals surface area contributed by atoms with Crippen molar-refractivity contribution in [3.05, 3.63) is 32.8 Å². The molecule has 0 heterocycles. The van der Waals surface area contributed by atoms with Gasteiger partial charge in [-0.15, -0.1) is 0 Å². The lowest BCUT2D eigenvalue weighted by molar-refractivity contribution is -0.384. The number of aryl methyl sites for hydroxylation is 1. The SMILES string of the molecule is CSC(CO)C(C)Nc1cc(Cl)c([N+](=O)[O-])cc1C. The van der Waals surface area contributed by atoms with Gasteiger partial charge in [-0.2, -0.15) is 11.8 Å². The topological polar surface area (TPSA) is 75.4 Å². The van der Waals surface area contributed by atoms with Crippen molar-refractivity contribution in [1.29, 1.82) is 0 Å². The Hall–Kier alpha value is -0.980. The molecule has 0 aliphatic carbocycles. The third-order valence-electron chi connectivity index (χ3n) is 2.91. The molecule has 0 saturated carbocycles. The Bertz CT molecular complexity index is 467. The molecule has 106 valence electrons. The van der Waals surface area contributed by atoms with Crippen molar-refractivity contribution < 1.29 is 10.0 Å². The fraction of sp³-hybridized carbons (Fsp3) is 0.500. The summed E-state index contributed by atoms with van der Waals surface area (Å²) < 4.78 is 0. The number of benzene rings is 1. The van der Waals surface area contributed by atoms with Crippen LogP contribution in [-0.2, 0) is 0 Å². The Morgan fingerprint density at radius 1 is 1.58 bits per heavy atom. The summed E-state index contributed by atoms with van der Waals surface area (Å²) in [6, 6.07) is 3.03. The van der Waals surface area contributed by atoms with Crippen molar-refractivity contribution in [3.63, 3.8) is 0 Å². The second kappa shape index (κ2) is 6.98. The normalized spacial score (nSPS) is 13.9. The second-order valence-electron chi connectivity index (χ2n) is 4.27. The van der Waals surface area contributed by atoms with E-state index < -0.39 is 4.92 Å². The van der Waals surface area contributed by atoms with E-state index in [-0.39, 0.29) is 28.6 Å². The number of rotatable bonds is 6. The summed E-state index contributed by atoms with van der Waals surface area (Å²) in [6.45, 7) is 3.80. The first-order chi connectivity index (χ1) is 8.90. The van der Waals surface area contributed by atoms with E-state index in [1.54, 1.807) is 24.8 Å². The van der Waals surface area contributed by atoms with Gasteiger partial charge in [0, 0.05) is 23.0 Å². The van der Waals surface area contributed by atoms with Crippen molar-refractivity contribution in [3.8, 4) is 0 Å². The van der Waals surface area contributed by atoms with Gasteiger partial charge >= 0.3 is 0 Å². The first-order valence-corrected chi connectivity index (χ1v) is 7.42. The molecular weight excluding hydrogens is 288 g/mol. The number of hydrogen-bond donors (Lipinski definition) is 2. The van der Waals surface area contributed by atoms with Gasteiger partial charge in [-0.1, -0.05) is 11.6 Å². The van der Waals surface area contributed by atoms with Crippen molar-refractivity contribution in [2.45, 2.75) is 25.1 Å². The van der Waals surface area contributed by atoms with Gasteiger partial charge in [0.15, 0.2) is 0 Å². The maximum Gasteiger partial charge on any atom is 0.288 e. The Morgan fingerprint density at radius 2 is 2.21 bits per heavy atom. The van der Waals surface area contributed by atoms with Crippen LogP contribution in [0.2, 0.25) is 5.02 Å². The minimum absolute atomic E-state index is 0.0243. The highest BCUT2D eigenvalue weighted by Crippen LogP contribution is 2.31. The Kier molecular flexibility index (Phi) is 5.90. The van der Waals surface area contributed by atoms with Gasteiger partial charge in [0.05, 0.1) is 11.5 Å². The third kappa shape index (κ3) is 3.99. The van der Waals surface area contributed by atoms with E-state index in [1.807, 2.05) is 13.2 Å². The van der Waals surface area contributed by atoms with E-state index >= 15 is 0 Å². The molecule has 1 rings (SSSR count). The summed E-state index contributed by atoms with van der Waals surface area (Å²) in [4.78, 5) is 10.3. The van der Waals surface area contributed by atoms with Gasteiger partial charge in [0.1, 0.15) is 5.02 Å². The fourth-order valence-corrected chi connectivity index (χ4v) is 2.59. The zero-order valence-electron chi connectivity index (χ0n) is 11.0. The van der Waals surface area contributed by atoms with Crippen LogP contribution >= 0.6 is 23.4 Å². The van der Waals surface area contributed by atoms with E-state index in [0.717, 1.165) is 11.3 Å². The molecule has 2 atom stereocenters. The van der Waals surface area contributed by atoms with Gasteiger partial charge < -0.3 is 10.4 Å². The van der Waals surface area contributed by atoms with Gasteiger partial charge in [-0.3, -0.25) is 10.1 Å². The molecular formula is C12H17ClN2O3S. The molecule has 0 fully saturated rings. The maximum absolute atomic E-state index is 10.8. The van der Waals surface area contributed by atoms with Crippen LogP contribution in [0, 0.1) is 17.0 Å². The molecule has 0 aliphatic rings. The molecule has 0 spiro atoms. The summed E-state index contributed by atoms with van der Waals surface area (Å²) in [7, 11) is 0. The summed E-state index contributed by atoms with van der Waals surface area (Å²) >= 11 is 7.45. The molecule has 0 radical (unpaired) electrons. The third-order valence-corrected chi connectivity index (χ3v) is 4.38. The summed E-state index contributed by atoms with van der Waals surface area (Å²) in [5.74, 6) is 0. The summed E-state index contributed by atoms with van der Waals surface area (Å²) in [6.07, 6.45) is 1.93. The van der Waals surface area contributed by atoms with Crippen LogP contribution in [0.4, 0.5) is 11.4 Å². The summed E-state index contributed by atoms with van der Waals surface area (Å²) in [5, 5.41) is 23.4. The number of nitro groups is 1. The average molecular weight is 305 g/mol. The number of nitro benzene ring substituents is 1. The lowest BCUT2D eigenvalue weighted by Gasteiger charge is -2.23. The van der Waals surface area contributed by atoms with E-state index in [9.17, 15) is 15.2 Å². The van der Waals surface area contributed by atoms with Crippen molar-refractivity contribution in [1.82, 2.24) is 0 Å². The van der Waals surface area contributed by atoms with Crippen LogP contribution in [-0.4, -0.2) is 34.2 Å². The van der Waals surface area contributed by atoms with E-state index in [4.69, 9.17) is 11.6 Å². The first-order valence-electron chi connectivity index (χ1n) is 5.75. The first kappa shape index (κ1) is 16.1. The lowest BCUT2D eigenvalue weighted by atomic mass is 10.1. The average Bonchev–Trinajstić information content (AvgIpc) is 2.34. The number of hydrogen-bond acceptors (Lipinski definition) is 5. The quantitative estimate of drug-likeness (QED) is 0.624. The van der Waals surface area contributed by atoms with Gasteiger partial charge in [-0.05, 0) is 31.7 Å². The van der Waals surface area contributed by atoms with Crippen LogP contribution in [0.5, 0.6) is 0 Å². The van der Waals surface area contributed by atoms with Crippen LogP contribution in [0.3, 0.4) is 0 Å². The number of thioether (sulfide) groups is 1. The monoisotopic (exact) mass is 304 g/mol. The van der Waals surface area contributed by atoms with Gasteiger partial charge in [0.2, 0.25) is 0 Å². The Morgan fingerprint density at radius 3 is 2.68 bits per heavy atom. The highest BCUT2D eigenvalue weighted by atomic mass is 35.5. The van der Waals surface area contributed by atoms with Crippen LogP contribution < -0.4 is 5.32 Å². The maximum atomic E-state index is 10.8. The van der Waals surface area contributed by atoms with E-state index in [1.165, 1.54) is 6.07 Å². The van der Waals surface area contributed by atoms with Crippen LogP contribution in [0.25, 0.3) is 0 Å². The molecule has 5 nitrogen and oxygen atoms in total. The predicted molar refractivity (Wildman–Crippen MR) is 80.3 cm³/mol.